The Morgan fingerprint density at radius 2 is 1.88 bits per heavy atom. The summed E-state index contributed by atoms with van der Waals surface area (Å²) >= 11 is 0. The molecule has 1 N–H and O–H groups in total. The Kier molecular flexibility index (Phi) is 3.76. The van der Waals surface area contributed by atoms with Crippen molar-refractivity contribution in [1.29, 1.82) is 0 Å². The van der Waals surface area contributed by atoms with E-state index < -0.39 is 0 Å². The van der Waals surface area contributed by atoms with E-state index in [4.69, 9.17) is 0 Å². The summed E-state index contributed by atoms with van der Waals surface area (Å²) in [6.07, 6.45) is 8.58. The van der Waals surface area contributed by atoms with Crippen LogP contribution < -0.4 is 5.32 Å². The molecule has 0 aromatic heterocycles. The average Bonchev–Trinajstić information content (AvgIpc) is 2.79. The molecule has 9 atom stereocenters. The summed E-state index contributed by atoms with van der Waals surface area (Å²) in [5.74, 6) is 3.75. The van der Waals surface area contributed by atoms with E-state index in [0.29, 0.717) is 35.4 Å². The number of amides is 1. The number of carbonyl (C=O) groups is 2. The molecule has 1 aliphatic heterocycles. The summed E-state index contributed by atoms with van der Waals surface area (Å²) < 4.78 is 0. The fourth-order valence-electron chi connectivity index (χ4n) is 7.92. The molecule has 1 heterocycles. The zero-order chi connectivity index (χ0) is 18.1. The van der Waals surface area contributed by atoms with Crippen molar-refractivity contribution in [2.24, 2.45) is 46.3 Å². The second kappa shape index (κ2) is 5.44. The Bertz CT molecular complexity index is 640. The third kappa shape index (κ3) is 2.23. The zero-order valence-electron chi connectivity index (χ0n) is 16.3. The number of Topliss-reactive ketones (excluding diaryl/α,β-unsaturated/α-hetero) is 1. The van der Waals surface area contributed by atoms with Crippen molar-refractivity contribution in [3.05, 3.63) is 12.2 Å². The Morgan fingerprint density at radius 3 is 2.56 bits per heavy atom. The highest BCUT2D eigenvalue weighted by atomic mass is 16.1. The van der Waals surface area contributed by atoms with E-state index in [9.17, 15) is 9.59 Å². The third-order valence-electron chi connectivity index (χ3n) is 8.84. The van der Waals surface area contributed by atoms with Gasteiger partial charge in [-0.25, -0.2) is 0 Å². The monoisotopic (exact) mass is 343 g/mol. The van der Waals surface area contributed by atoms with Crippen LogP contribution in [0.5, 0.6) is 0 Å². The largest absolute Gasteiger partial charge is 0.349 e. The fraction of sp³-hybridized carbons (Fsp3) is 0.818. The predicted molar refractivity (Wildman–Crippen MR) is 98.7 cm³/mol. The SMILES string of the molecule is CC(=O)C1C(C)CC2C3C(C)CC4NC(=O)C=CC4(C)C3CCC21C. The van der Waals surface area contributed by atoms with Gasteiger partial charge in [-0.3, -0.25) is 9.59 Å². The zero-order valence-corrected chi connectivity index (χ0v) is 16.3. The van der Waals surface area contributed by atoms with Crippen LogP contribution in [0.15, 0.2) is 12.2 Å². The maximum absolute atomic E-state index is 12.4. The van der Waals surface area contributed by atoms with Crippen LogP contribution in [0.4, 0.5) is 0 Å². The number of carbonyl (C=O) groups excluding carboxylic acids is 2. The van der Waals surface area contributed by atoms with Crippen molar-refractivity contribution < 1.29 is 9.59 Å². The number of ketones is 1. The van der Waals surface area contributed by atoms with Gasteiger partial charge in [0, 0.05) is 17.4 Å². The predicted octanol–water partition coefficient (Wildman–Crippen LogP) is 3.98. The van der Waals surface area contributed by atoms with E-state index in [1.807, 2.05) is 6.92 Å². The first kappa shape index (κ1) is 17.3. The van der Waals surface area contributed by atoms with Gasteiger partial charge in [0.2, 0.25) is 5.91 Å². The molecule has 0 radical (unpaired) electrons. The van der Waals surface area contributed by atoms with Gasteiger partial charge in [0.15, 0.2) is 0 Å². The Hall–Kier alpha value is -1.12. The Labute approximate surface area is 152 Å². The van der Waals surface area contributed by atoms with Gasteiger partial charge in [-0.2, -0.15) is 0 Å². The van der Waals surface area contributed by atoms with Crippen molar-refractivity contribution in [2.75, 3.05) is 0 Å². The lowest BCUT2D eigenvalue weighted by molar-refractivity contribution is -0.134. The minimum absolute atomic E-state index is 0.0694. The van der Waals surface area contributed by atoms with Crippen molar-refractivity contribution in [3.63, 3.8) is 0 Å². The molecule has 4 rings (SSSR count). The van der Waals surface area contributed by atoms with Crippen LogP contribution in [0.3, 0.4) is 0 Å². The summed E-state index contributed by atoms with van der Waals surface area (Å²) in [5, 5.41) is 3.25. The minimum atomic E-state index is 0.0694. The van der Waals surface area contributed by atoms with E-state index in [1.165, 1.54) is 12.8 Å². The molecule has 0 aromatic rings. The fourth-order valence-corrected chi connectivity index (χ4v) is 7.92. The Morgan fingerprint density at radius 1 is 1.16 bits per heavy atom. The van der Waals surface area contributed by atoms with Gasteiger partial charge < -0.3 is 5.32 Å². The van der Waals surface area contributed by atoms with Crippen molar-refractivity contribution in [1.82, 2.24) is 5.32 Å². The normalized spacial score (nSPS) is 54.3. The van der Waals surface area contributed by atoms with Gasteiger partial charge in [-0.1, -0.05) is 33.8 Å². The van der Waals surface area contributed by atoms with Crippen molar-refractivity contribution in [2.45, 2.75) is 66.3 Å². The number of fused-ring (bicyclic) bond motifs is 5. The summed E-state index contributed by atoms with van der Waals surface area (Å²) in [6.45, 7) is 11.3. The quantitative estimate of drug-likeness (QED) is 0.783. The smallest absolute Gasteiger partial charge is 0.243 e. The standard InChI is InChI=1S/C22H33NO2/c1-12-11-17-21(4,9-7-18(25)23-17)15-6-8-22(5)16(19(12)15)10-13(2)20(22)14(3)24/h7,9,12-13,15-17,19-20H,6,8,10-11H2,1-5H3,(H,23,25). The molecule has 3 heteroatoms. The van der Waals surface area contributed by atoms with Gasteiger partial charge in [0.05, 0.1) is 0 Å². The molecular formula is C22H33NO2. The summed E-state index contributed by atoms with van der Waals surface area (Å²) in [4.78, 5) is 24.3. The highest BCUT2D eigenvalue weighted by molar-refractivity contribution is 5.89. The van der Waals surface area contributed by atoms with E-state index in [2.05, 4.69) is 39.1 Å². The molecule has 9 unspecified atom stereocenters. The number of hydrogen-bond donors (Lipinski definition) is 1. The molecule has 4 aliphatic rings. The van der Waals surface area contributed by atoms with E-state index in [-0.39, 0.29) is 28.7 Å². The molecular weight excluding hydrogens is 310 g/mol. The number of rotatable bonds is 1. The molecule has 3 aliphatic carbocycles. The molecule has 25 heavy (non-hydrogen) atoms. The maximum atomic E-state index is 12.4. The summed E-state index contributed by atoms with van der Waals surface area (Å²) in [7, 11) is 0. The first-order chi connectivity index (χ1) is 11.7. The van der Waals surface area contributed by atoms with Crippen LogP contribution in [0.2, 0.25) is 0 Å². The number of nitrogens with one attached hydrogen (secondary N) is 1. The third-order valence-corrected chi connectivity index (χ3v) is 8.84. The van der Waals surface area contributed by atoms with Crippen molar-refractivity contribution >= 4 is 11.7 Å². The van der Waals surface area contributed by atoms with Crippen LogP contribution in [0.1, 0.15) is 60.3 Å². The van der Waals surface area contributed by atoms with Crippen molar-refractivity contribution in [3.8, 4) is 0 Å². The summed E-state index contributed by atoms with van der Waals surface area (Å²) in [6, 6.07) is 0.271. The van der Waals surface area contributed by atoms with Crippen LogP contribution in [-0.2, 0) is 9.59 Å². The number of hydrogen-bond acceptors (Lipinski definition) is 2. The molecule has 0 aromatic carbocycles. The van der Waals surface area contributed by atoms with Gasteiger partial charge in [-0.15, -0.1) is 0 Å². The second-order valence-corrected chi connectivity index (χ2v) is 10.1. The highest BCUT2D eigenvalue weighted by Gasteiger charge is 2.63. The van der Waals surface area contributed by atoms with Crippen LogP contribution >= 0.6 is 0 Å². The molecule has 0 saturated heterocycles. The van der Waals surface area contributed by atoms with E-state index in [0.717, 1.165) is 12.8 Å². The highest BCUT2D eigenvalue weighted by Crippen LogP contribution is 2.67. The Balaban J connectivity index is 1.73. The maximum Gasteiger partial charge on any atom is 0.243 e. The molecule has 3 saturated carbocycles. The first-order valence-corrected chi connectivity index (χ1v) is 10.2. The van der Waals surface area contributed by atoms with E-state index >= 15 is 0 Å². The van der Waals surface area contributed by atoms with Crippen LogP contribution in [0, 0.1) is 46.3 Å². The molecule has 138 valence electrons. The van der Waals surface area contributed by atoms with Gasteiger partial charge in [-0.05, 0) is 73.7 Å². The van der Waals surface area contributed by atoms with Gasteiger partial charge >= 0.3 is 0 Å². The van der Waals surface area contributed by atoms with Crippen LogP contribution in [0.25, 0.3) is 0 Å². The molecule has 0 bridgehead atoms. The first-order valence-electron chi connectivity index (χ1n) is 10.2. The minimum Gasteiger partial charge on any atom is -0.349 e. The molecule has 1 amide bonds. The van der Waals surface area contributed by atoms with E-state index in [1.54, 1.807) is 6.08 Å². The van der Waals surface area contributed by atoms with Gasteiger partial charge in [0.25, 0.3) is 0 Å². The molecule has 3 nitrogen and oxygen atoms in total. The lowest BCUT2D eigenvalue weighted by atomic mass is 9.45. The second-order valence-electron chi connectivity index (χ2n) is 10.1. The lowest BCUT2D eigenvalue weighted by Gasteiger charge is -2.60. The van der Waals surface area contributed by atoms with Gasteiger partial charge in [0.1, 0.15) is 5.78 Å². The average molecular weight is 344 g/mol. The lowest BCUT2D eigenvalue weighted by Crippen LogP contribution is -2.61. The summed E-state index contributed by atoms with van der Waals surface area (Å²) in [5.41, 5.74) is 0.246. The molecule has 3 fully saturated rings. The topological polar surface area (TPSA) is 46.2 Å². The molecule has 0 spiro atoms. The van der Waals surface area contributed by atoms with Crippen LogP contribution in [-0.4, -0.2) is 17.7 Å².